The van der Waals surface area contributed by atoms with Crippen molar-refractivity contribution in [2.75, 3.05) is 0 Å². The van der Waals surface area contributed by atoms with Gasteiger partial charge < -0.3 is 0 Å². The first-order chi connectivity index (χ1) is 9.65. The summed E-state index contributed by atoms with van der Waals surface area (Å²) >= 11 is 10.3. The topological polar surface area (TPSA) is 0 Å². The number of hydrogen-bond donors (Lipinski definition) is 0. The molecule has 0 aromatic heterocycles. The molecular formula is C19H33ClPPd. The van der Waals surface area contributed by atoms with Gasteiger partial charge in [-0.25, -0.2) is 0 Å². The van der Waals surface area contributed by atoms with Crippen LogP contribution in [0.1, 0.15) is 67.9 Å². The number of rotatable bonds is 2. The summed E-state index contributed by atoms with van der Waals surface area (Å²) in [6.07, 6.45) is 0. The average Bonchev–Trinajstić information content (AvgIpc) is 2.24. The molecule has 0 saturated carbocycles. The first kappa shape index (κ1) is 20.6. The molecule has 0 radical (unpaired) electrons. The van der Waals surface area contributed by atoms with Crippen molar-refractivity contribution in [3.05, 3.63) is 29.8 Å². The van der Waals surface area contributed by atoms with Crippen molar-refractivity contribution in [2.45, 2.75) is 81.6 Å². The molecule has 0 N–H and O–H groups in total. The summed E-state index contributed by atoms with van der Waals surface area (Å²) < 4.78 is 0.0380. The number of alkyl halides is 1. The Morgan fingerprint density at radius 3 is 1.41 bits per heavy atom. The molecule has 3 heteroatoms. The van der Waals surface area contributed by atoms with Gasteiger partial charge >= 0.3 is 155 Å². The van der Waals surface area contributed by atoms with Crippen molar-refractivity contribution in [1.29, 1.82) is 0 Å². The van der Waals surface area contributed by atoms with Crippen LogP contribution in [0.2, 0.25) is 0 Å². The number of halogens is 1. The fraction of sp³-hybridized carbons (Fsp3) is 0.684. The number of benzene rings is 1. The molecule has 0 aliphatic carbocycles. The zero-order chi connectivity index (χ0) is 17.6. The second-order valence-electron chi connectivity index (χ2n) is 9.40. The SMILES string of the molecule is CC(C)(C)c1ccc([PH]([CH](Cl)[Pd])(C(C)(C)C)C(C)(C)C)cc1. The first-order valence-electron chi connectivity index (χ1n) is 8.01. The van der Waals surface area contributed by atoms with Crippen molar-refractivity contribution in [3.63, 3.8) is 0 Å². The van der Waals surface area contributed by atoms with E-state index in [-0.39, 0.29) is 19.3 Å². The molecular weight excluding hydrogens is 401 g/mol. The second kappa shape index (κ2) is 6.48. The Labute approximate surface area is 154 Å². The molecule has 0 amide bonds. The van der Waals surface area contributed by atoms with E-state index in [0.717, 1.165) is 0 Å². The first-order valence-corrected chi connectivity index (χ1v) is 11.4. The Hall–Kier alpha value is 0.602. The molecule has 0 aliphatic rings. The minimum atomic E-state index is -2.04. The van der Waals surface area contributed by atoms with E-state index in [9.17, 15) is 0 Å². The van der Waals surface area contributed by atoms with Crippen LogP contribution in [0.25, 0.3) is 0 Å². The van der Waals surface area contributed by atoms with E-state index in [2.05, 4.69) is 106 Å². The van der Waals surface area contributed by atoms with E-state index in [0.29, 0.717) is 0 Å². The Balaban J connectivity index is 3.60. The molecule has 0 saturated heterocycles. The molecule has 1 rings (SSSR count). The van der Waals surface area contributed by atoms with Crippen LogP contribution in [0.3, 0.4) is 0 Å². The third kappa shape index (κ3) is 3.65. The van der Waals surface area contributed by atoms with E-state index < -0.39 is 7.26 Å². The van der Waals surface area contributed by atoms with E-state index in [1.165, 1.54) is 10.9 Å². The van der Waals surface area contributed by atoms with Gasteiger partial charge in [0.15, 0.2) is 0 Å². The van der Waals surface area contributed by atoms with Gasteiger partial charge in [-0.3, -0.25) is 0 Å². The Morgan fingerprint density at radius 1 is 0.818 bits per heavy atom. The average molecular weight is 434 g/mol. The van der Waals surface area contributed by atoms with Gasteiger partial charge in [0.1, 0.15) is 0 Å². The summed E-state index contributed by atoms with van der Waals surface area (Å²) in [5.74, 6) is 0. The predicted octanol–water partition coefficient (Wildman–Crippen LogP) is 6.03. The summed E-state index contributed by atoms with van der Waals surface area (Å²) in [5, 5.41) is 1.78. The van der Waals surface area contributed by atoms with Gasteiger partial charge in [-0.05, 0) is 0 Å². The summed E-state index contributed by atoms with van der Waals surface area (Å²) in [7, 11) is -2.04. The van der Waals surface area contributed by atoms with Crippen molar-refractivity contribution < 1.29 is 19.2 Å². The van der Waals surface area contributed by atoms with Gasteiger partial charge in [-0.1, -0.05) is 0 Å². The monoisotopic (exact) mass is 433 g/mol. The maximum atomic E-state index is 6.83. The zero-order valence-corrected chi connectivity index (χ0v) is 18.9. The van der Waals surface area contributed by atoms with Gasteiger partial charge in [0.05, 0.1) is 0 Å². The zero-order valence-electron chi connectivity index (χ0n) is 15.6. The van der Waals surface area contributed by atoms with Crippen LogP contribution in [-0.4, -0.2) is 13.9 Å². The van der Waals surface area contributed by atoms with Crippen LogP contribution < -0.4 is 5.30 Å². The quantitative estimate of drug-likeness (QED) is 0.303. The molecule has 22 heavy (non-hydrogen) atoms. The minimum absolute atomic E-state index is 0.0380. The molecule has 1 aromatic rings. The van der Waals surface area contributed by atoms with Gasteiger partial charge in [-0.2, -0.15) is 0 Å². The van der Waals surface area contributed by atoms with Crippen molar-refractivity contribution in [1.82, 2.24) is 0 Å². The molecule has 0 heterocycles. The molecule has 1 aromatic carbocycles. The fourth-order valence-corrected chi connectivity index (χ4v) is 17.2. The van der Waals surface area contributed by atoms with Crippen molar-refractivity contribution in [2.24, 2.45) is 0 Å². The van der Waals surface area contributed by atoms with Crippen LogP contribution in [0, 0.1) is 0 Å². The Bertz CT molecular complexity index is 484. The Morgan fingerprint density at radius 2 is 1.18 bits per heavy atom. The second-order valence-corrected chi connectivity index (χ2v) is 18.2. The van der Waals surface area contributed by atoms with Crippen LogP contribution in [0.4, 0.5) is 0 Å². The number of hydrogen-bond acceptors (Lipinski definition) is 0. The van der Waals surface area contributed by atoms with Gasteiger partial charge in [0.25, 0.3) is 0 Å². The van der Waals surface area contributed by atoms with Crippen LogP contribution in [0.5, 0.6) is 0 Å². The Kier molecular flexibility index (Phi) is 6.09. The van der Waals surface area contributed by atoms with Crippen LogP contribution in [-0.2, 0) is 24.6 Å². The van der Waals surface area contributed by atoms with E-state index in [4.69, 9.17) is 11.6 Å². The fourth-order valence-electron chi connectivity index (χ4n) is 3.94. The molecule has 0 aliphatic heterocycles. The third-order valence-corrected chi connectivity index (χ3v) is 14.5. The summed E-state index contributed by atoms with van der Waals surface area (Å²) in [6, 6.07) is 9.27. The maximum absolute atomic E-state index is 6.83. The van der Waals surface area contributed by atoms with Gasteiger partial charge in [0.2, 0.25) is 0 Å². The van der Waals surface area contributed by atoms with Crippen molar-refractivity contribution >= 4 is 24.2 Å². The molecule has 0 fully saturated rings. The third-order valence-electron chi connectivity index (χ3n) is 4.87. The molecule has 0 nitrogen and oxygen atoms in total. The predicted molar refractivity (Wildman–Crippen MR) is 102 cm³/mol. The van der Waals surface area contributed by atoms with E-state index in [1.54, 1.807) is 0 Å². The van der Waals surface area contributed by atoms with Crippen LogP contribution >= 0.6 is 18.9 Å². The summed E-state index contributed by atoms with van der Waals surface area (Å²) in [5.41, 5.74) is 1.56. The molecule has 0 spiro atoms. The summed E-state index contributed by atoms with van der Waals surface area (Å²) in [4.78, 5) is 0. The molecule has 0 bridgehead atoms. The van der Waals surface area contributed by atoms with E-state index in [1.807, 2.05) is 0 Å². The normalized spacial score (nSPS) is 16.5. The molecule has 1 unspecified atom stereocenters. The molecule has 131 valence electrons. The van der Waals surface area contributed by atoms with Crippen LogP contribution in [0.15, 0.2) is 24.3 Å². The van der Waals surface area contributed by atoms with Crippen molar-refractivity contribution in [3.8, 4) is 0 Å². The standard InChI is InChI=1S/C19H33ClP.Pd/c1-17(2,3)15-10-12-16(13-11-15)21(14-20,18(4,5)6)19(7,8)9;/h10-14,21H,1-9H3;. The van der Waals surface area contributed by atoms with E-state index >= 15 is 0 Å². The molecule has 1 atom stereocenters. The summed E-state index contributed by atoms with van der Waals surface area (Å²) in [6.45, 7) is 20.9. The van der Waals surface area contributed by atoms with Gasteiger partial charge in [-0.15, -0.1) is 0 Å². The van der Waals surface area contributed by atoms with Gasteiger partial charge in [0, 0.05) is 0 Å².